The summed E-state index contributed by atoms with van der Waals surface area (Å²) >= 11 is 5.65. The van der Waals surface area contributed by atoms with E-state index < -0.39 is 17.2 Å². The maximum atomic E-state index is 12.3. The van der Waals surface area contributed by atoms with Gasteiger partial charge in [-0.25, -0.2) is 19.7 Å². The van der Waals surface area contributed by atoms with Crippen LogP contribution >= 0.6 is 11.6 Å². The van der Waals surface area contributed by atoms with E-state index in [1.165, 1.54) is 41.8 Å². The number of carbonyl (C=O) groups is 1. The second-order valence-electron chi connectivity index (χ2n) is 5.01. The van der Waals surface area contributed by atoms with E-state index in [9.17, 15) is 14.4 Å². The van der Waals surface area contributed by atoms with Crippen molar-refractivity contribution >= 4 is 34.5 Å². The molecule has 3 heterocycles. The van der Waals surface area contributed by atoms with Gasteiger partial charge in [0, 0.05) is 20.3 Å². The fourth-order valence-electron chi connectivity index (χ4n) is 2.26. The average Bonchev–Trinajstić information content (AvgIpc) is 2.94. The van der Waals surface area contributed by atoms with Gasteiger partial charge in [0.25, 0.3) is 5.56 Å². The third-order valence-corrected chi connectivity index (χ3v) is 3.61. The summed E-state index contributed by atoms with van der Waals surface area (Å²) in [5, 5.41) is 2.55. The smallest absolute Gasteiger partial charge is 0.315 e. The zero-order valence-corrected chi connectivity index (χ0v) is 13.5. The predicted octanol–water partition coefficient (Wildman–Crippen LogP) is -0.484. The lowest BCUT2D eigenvalue weighted by Crippen LogP contribution is -2.37. The van der Waals surface area contributed by atoms with Gasteiger partial charge in [-0.2, -0.15) is 0 Å². The normalized spacial score (nSPS) is 11.0. The Hall–Kier alpha value is -3.01. The second-order valence-corrected chi connectivity index (χ2v) is 5.35. The summed E-state index contributed by atoms with van der Waals surface area (Å²) in [5.41, 5.74) is -0.641. The molecule has 1 amide bonds. The van der Waals surface area contributed by atoms with E-state index in [2.05, 4.69) is 20.3 Å². The number of fused-ring (bicyclic) bond motifs is 1. The average molecular weight is 350 g/mol. The van der Waals surface area contributed by atoms with Crippen LogP contribution in [0.4, 0.5) is 5.82 Å². The molecule has 0 saturated carbocycles. The molecule has 0 aliphatic rings. The van der Waals surface area contributed by atoms with Gasteiger partial charge in [-0.1, -0.05) is 0 Å². The minimum Gasteiger partial charge on any atom is -0.315 e. The van der Waals surface area contributed by atoms with Crippen molar-refractivity contribution in [3.8, 4) is 0 Å². The van der Waals surface area contributed by atoms with E-state index in [0.29, 0.717) is 0 Å². The van der Waals surface area contributed by atoms with Gasteiger partial charge in [-0.15, -0.1) is 0 Å². The number of hydrogen-bond donors (Lipinski definition) is 1. The van der Waals surface area contributed by atoms with Crippen LogP contribution in [0.25, 0.3) is 11.2 Å². The molecule has 0 saturated heterocycles. The van der Waals surface area contributed by atoms with E-state index >= 15 is 0 Å². The van der Waals surface area contributed by atoms with Gasteiger partial charge in [0.05, 0.1) is 6.33 Å². The molecule has 0 radical (unpaired) electrons. The fraction of sp³-hybridized carbons (Fsp3) is 0.231. The van der Waals surface area contributed by atoms with Crippen LogP contribution in [0.2, 0.25) is 5.28 Å². The summed E-state index contributed by atoms with van der Waals surface area (Å²) in [6.07, 6.45) is 2.74. The van der Waals surface area contributed by atoms with Crippen LogP contribution < -0.4 is 16.6 Å². The van der Waals surface area contributed by atoms with Crippen molar-refractivity contribution in [2.45, 2.75) is 6.54 Å². The number of amides is 1. The Morgan fingerprint density at radius 2 is 2.00 bits per heavy atom. The summed E-state index contributed by atoms with van der Waals surface area (Å²) in [6.45, 7) is -0.175. The van der Waals surface area contributed by atoms with Crippen molar-refractivity contribution in [3.63, 3.8) is 0 Å². The molecule has 0 atom stereocenters. The molecule has 0 aliphatic carbocycles. The number of hydrogen-bond acceptors (Lipinski definition) is 6. The number of halogens is 1. The molecule has 3 aromatic rings. The van der Waals surface area contributed by atoms with E-state index in [-0.39, 0.29) is 28.8 Å². The van der Waals surface area contributed by atoms with Gasteiger partial charge in [0.1, 0.15) is 12.4 Å². The standard InChI is InChI=1S/C13H12ClN7O3/c1-19-10-9(11(23)20(2)13(19)24)21(6-16-10)5-8(22)17-7-3-4-15-12(14)18-7/h3-4,6H,5H2,1-2H3,(H,15,17,18,22). The van der Waals surface area contributed by atoms with Gasteiger partial charge < -0.3 is 9.88 Å². The van der Waals surface area contributed by atoms with Gasteiger partial charge >= 0.3 is 5.69 Å². The van der Waals surface area contributed by atoms with E-state index in [1.54, 1.807) is 0 Å². The van der Waals surface area contributed by atoms with Gasteiger partial charge in [-0.05, 0) is 17.7 Å². The number of anilines is 1. The van der Waals surface area contributed by atoms with Gasteiger partial charge in [0.2, 0.25) is 11.2 Å². The van der Waals surface area contributed by atoms with E-state index in [0.717, 1.165) is 4.57 Å². The van der Waals surface area contributed by atoms with E-state index in [1.807, 2.05) is 0 Å². The van der Waals surface area contributed by atoms with Crippen LogP contribution in [0.5, 0.6) is 0 Å². The summed E-state index contributed by atoms with van der Waals surface area (Å²) in [5.74, 6) is -0.190. The van der Waals surface area contributed by atoms with Crippen LogP contribution in [-0.4, -0.2) is 34.6 Å². The molecule has 1 N–H and O–H groups in total. The van der Waals surface area contributed by atoms with Gasteiger partial charge in [0.15, 0.2) is 11.2 Å². The number of carbonyl (C=O) groups excluding carboxylic acids is 1. The number of rotatable bonds is 3. The molecule has 0 aliphatic heterocycles. The molecule has 10 nitrogen and oxygen atoms in total. The fourth-order valence-corrected chi connectivity index (χ4v) is 2.41. The summed E-state index contributed by atoms with van der Waals surface area (Å²) < 4.78 is 3.58. The lowest BCUT2D eigenvalue weighted by Gasteiger charge is -2.07. The molecule has 0 bridgehead atoms. The summed E-state index contributed by atoms with van der Waals surface area (Å²) in [4.78, 5) is 47.9. The summed E-state index contributed by atoms with van der Waals surface area (Å²) in [7, 11) is 2.87. The number of nitrogens with one attached hydrogen (secondary N) is 1. The first kappa shape index (κ1) is 15.9. The molecule has 11 heteroatoms. The highest BCUT2D eigenvalue weighted by atomic mass is 35.5. The lowest BCUT2D eigenvalue weighted by atomic mass is 10.4. The van der Waals surface area contributed by atoms with Crippen LogP contribution in [0.3, 0.4) is 0 Å². The van der Waals surface area contributed by atoms with Crippen LogP contribution in [-0.2, 0) is 25.4 Å². The quantitative estimate of drug-likeness (QED) is 0.638. The number of imidazole rings is 1. The molecule has 3 aromatic heterocycles. The van der Waals surface area contributed by atoms with Crippen molar-refractivity contribution in [1.82, 2.24) is 28.7 Å². The van der Waals surface area contributed by atoms with Gasteiger partial charge in [-0.3, -0.25) is 18.7 Å². The Balaban J connectivity index is 1.95. The largest absolute Gasteiger partial charge is 0.332 e. The Kier molecular flexibility index (Phi) is 3.89. The first-order chi connectivity index (χ1) is 11.4. The Morgan fingerprint density at radius 3 is 2.71 bits per heavy atom. The third-order valence-electron chi connectivity index (χ3n) is 3.42. The molecule has 0 aromatic carbocycles. The Labute approximate surface area is 139 Å². The molecule has 0 unspecified atom stereocenters. The summed E-state index contributed by atoms with van der Waals surface area (Å²) in [6, 6.07) is 1.48. The van der Waals surface area contributed by atoms with Crippen molar-refractivity contribution < 1.29 is 4.79 Å². The molecule has 0 fully saturated rings. The van der Waals surface area contributed by atoms with E-state index in [4.69, 9.17) is 11.6 Å². The molecular formula is C13H12ClN7O3. The molecule has 0 spiro atoms. The maximum absolute atomic E-state index is 12.3. The Morgan fingerprint density at radius 1 is 1.25 bits per heavy atom. The minimum atomic E-state index is -0.525. The zero-order chi connectivity index (χ0) is 17.4. The van der Waals surface area contributed by atoms with Crippen molar-refractivity contribution in [2.75, 3.05) is 5.32 Å². The molecule has 24 heavy (non-hydrogen) atoms. The monoisotopic (exact) mass is 349 g/mol. The highest BCUT2D eigenvalue weighted by Gasteiger charge is 2.16. The van der Waals surface area contributed by atoms with Crippen LogP contribution in [0, 0.1) is 0 Å². The number of aryl methyl sites for hydroxylation is 1. The predicted molar refractivity (Wildman–Crippen MR) is 85.9 cm³/mol. The SMILES string of the molecule is Cn1c(=O)c2c(ncn2CC(=O)Nc2ccnc(Cl)n2)n(C)c1=O. The lowest BCUT2D eigenvalue weighted by molar-refractivity contribution is -0.116. The number of nitrogens with zero attached hydrogens (tertiary/aromatic N) is 6. The van der Waals surface area contributed by atoms with Crippen molar-refractivity contribution in [3.05, 3.63) is 44.7 Å². The van der Waals surface area contributed by atoms with Crippen molar-refractivity contribution in [1.29, 1.82) is 0 Å². The number of aromatic nitrogens is 6. The van der Waals surface area contributed by atoms with Crippen LogP contribution in [0.1, 0.15) is 0 Å². The first-order valence-electron chi connectivity index (χ1n) is 6.77. The molecule has 124 valence electrons. The maximum Gasteiger partial charge on any atom is 0.332 e. The minimum absolute atomic E-state index is 0.00440. The van der Waals surface area contributed by atoms with Crippen LogP contribution in [0.15, 0.2) is 28.2 Å². The zero-order valence-electron chi connectivity index (χ0n) is 12.7. The van der Waals surface area contributed by atoms with Crippen molar-refractivity contribution in [2.24, 2.45) is 14.1 Å². The third kappa shape index (κ3) is 2.67. The second kappa shape index (κ2) is 5.89. The first-order valence-corrected chi connectivity index (χ1v) is 7.15. The highest BCUT2D eigenvalue weighted by Crippen LogP contribution is 2.08. The topological polar surface area (TPSA) is 117 Å². The highest BCUT2D eigenvalue weighted by molar-refractivity contribution is 6.28. The molecule has 3 rings (SSSR count). The molecular weight excluding hydrogens is 338 g/mol. The Bertz CT molecular complexity index is 1070.